The molecule has 3 heterocycles. The van der Waals surface area contributed by atoms with Gasteiger partial charge in [-0.15, -0.1) is 0 Å². The van der Waals surface area contributed by atoms with E-state index in [1.807, 2.05) is 92.0 Å². The number of rotatable bonds is 17. The maximum Gasteiger partial charge on any atom is 0.337 e. The molecule has 0 atom stereocenters. The molecule has 10 aromatic rings. The highest BCUT2D eigenvalue weighted by Gasteiger charge is 2.38. The van der Waals surface area contributed by atoms with Crippen molar-refractivity contribution in [2.75, 3.05) is 52.2 Å². The molecule has 2 fully saturated rings. The molecule has 2 saturated carbocycles. The van der Waals surface area contributed by atoms with Gasteiger partial charge in [-0.25, -0.2) is 4.79 Å². The summed E-state index contributed by atoms with van der Waals surface area (Å²) in [5.74, 6) is 0.0577. The van der Waals surface area contributed by atoms with Crippen LogP contribution in [0.5, 0.6) is 23.0 Å². The van der Waals surface area contributed by atoms with Gasteiger partial charge in [-0.05, 0) is 116 Å². The van der Waals surface area contributed by atoms with Crippen LogP contribution in [-0.2, 0) is 17.9 Å². The zero-order chi connectivity index (χ0) is 63.5. The number of H-pyrrole nitrogens is 1. The van der Waals surface area contributed by atoms with E-state index >= 15 is 0 Å². The molecule has 0 radical (unpaired) electrons. The Morgan fingerprint density at radius 2 is 0.989 bits per heavy atom. The second-order valence-electron chi connectivity index (χ2n) is 22.4. The molecule has 0 bridgehead atoms. The van der Waals surface area contributed by atoms with Crippen molar-refractivity contribution in [2.45, 2.75) is 69.1 Å². The SMILES string of the molecule is CC(=O)n1cc(C(=O)O)c2ccccc21.COc1ccc(C(=O)Nc2cccc(C3(CNC(=O)c4n[nH]c5ccccc45)CCCC3)c2)cc1OC.COc1ccc(C(=O)Nc2cccc(C3(CNC(=O)c4nn(C)c5ccccc45)CCCC3)c2)cc1OC. The number of ether oxygens (including phenoxy) is 4. The molecule has 12 rings (SSSR count). The van der Waals surface area contributed by atoms with Crippen LogP contribution in [0, 0.1) is 0 Å². The predicted octanol–water partition coefficient (Wildman–Crippen LogP) is 12.2. The summed E-state index contributed by atoms with van der Waals surface area (Å²) >= 11 is 0. The monoisotopic (exact) mass is 1210 g/mol. The third kappa shape index (κ3) is 13.4. The average molecular weight is 1210 g/mol. The highest BCUT2D eigenvalue weighted by atomic mass is 16.5. The largest absolute Gasteiger partial charge is 0.493 e. The average Bonchev–Trinajstić information content (AvgIpc) is 1.94. The van der Waals surface area contributed by atoms with E-state index in [2.05, 4.69) is 48.7 Å². The number of aryl methyl sites for hydroxylation is 1. The van der Waals surface area contributed by atoms with Crippen LogP contribution in [0.3, 0.4) is 0 Å². The van der Waals surface area contributed by atoms with Crippen LogP contribution in [-0.4, -0.2) is 107 Å². The number of nitrogens with one attached hydrogen (secondary N) is 5. The lowest BCUT2D eigenvalue weighted by Crippen LogP contribution is -2.39. The maximum absolute atomic E-state index is 13.2. The maximum atomic E-state index is 13.2. The molecule has 7 aromatic carbocycles. The molecule has 0 saturated heterocycles. The number of aromatic carboxylic acids is 1. The molecule has 0 spiro atoms. The fourth-order valence-electron chi connectivity index (χ4n) is 12.2. The summed E-state index contributed by atoms with van der Waals surface area (Å²) < 4.78 is 24.3. The van der Waals surface area contributed by atoms with E-state index in [0.717, 1.165) is 84.3 Å². The Morgan fingerprint density at radius 3 is 1.49 bits per heavy atom. The second-order valence-corrected chi connectivity index (χ2v) is 22.4. The van der Waals surface area contributed by atoms with E-state index in [1.165, 1.54) is 24.8 Å². The number of fused-ring (bicyclic) bond motifs is 3. The fraction of sp³-hybridized carbons (Fsp3) is 0.257. The minimum absolute atomic E-state index is 0.154. The number of hydrogen-bond donors (Lipinski definition) is 6. The number of carboxylic acids is 1. The Hall–Kier alpha value is -10.8. The van der Waals surface area contributed by atoms with Crippen molar-refractivity contribution < 1.29 is 52.8 Å². The van der Waals surface area contributed by atoms with Gasteiger partial charge in [0.1, 0.15) is 0 Å². The van der Waals surface area contributed by atoms with Crippen LogP contribution in [0.2, 0.25) is 0 Å². The van der Waals surface area contributed by atoms with Crippen LogP contribution in [0.1, 0.15) is 126 Å². The number of carbonyl (C=O) groups is 6. The molecular weight excluding hydrogens is 1140 g/mol. The molecule has 0 aliphatic heterocycles. The number of para-hydroxylation sites is 3. The zero-order valence-corrected chi connectivity index (χ0v) is 51.0. The van der Waals surface area contributed by atoms with E-state index in [-0.39, 0.29) is 45.9 Å². The Kier molecular flexibility index (Phi) is 19.0. The summed E-state index contributed by atoms with van der Waals surface area (Å²) in [6, 6.07) is 48.3. The van der Waals surface area contributed by atoms with Crippen LogP contribution in [0.25, 0.3) is 32.7 Å². The minimum atomic E-state index is -1.02. The molecule has 2 aliphatic carbocycles. The van der Waals surface area contributed by atoms with Crippen LogP contribution >= 0.6 is 0 Å². The Morgan fingerprint density at radius 1 is 0.522 bits per heavy atom. The van der Waals surface area contributed by atoms with Gasteiger partial charge in [-0.3, -0.25) is 38.3 Å². The normalized spacial score (nSPS) is 13.7. The molecule has 90 heavy (non-hydrogen) atoms. The van der Waals surface area contributed by atoms with Gasteiger partial charge in [-0.2, -0.15) is 10.2 Å². The van der Waals surface area contributed by atoms with Gasteiger partial charge < -0.3 is 45.3 Å². The van der Waals surface area contributed by atoms with Crippen molar-refractivity contribution in [1.29, 1.82) is 0 Å². The summed E-state index contributed by atoms with van der Waals surface area (Å²) in [5.41, 5.74) is 7.52. The molecule has 2 aliphatic rings. The van der Waals surface area contributed by atoms with E-state index < -0.39 is 5.97 Å². The van der Waals surface area contributed by atoms with Crippen molar-refractivity contribution in [3.8, 4) is 23.0 Å². The van der Waals surface area contributed by atoms with Gasteiger partial charge in [0, 0.05) is 82.7 Å². The summed E-state index contributed by atoms with van der Waals surface area (Å²) in [4.78, 5) is 74.4. The van der Waals surface area contributed by atoms with Gasteiger partial charge in [0.05, 0.1) is 50.6 Å². The molecule has 20 nitrogen and oxygen atoms in total. The molecule has 6 N–H and O–H groups in total. The minimum Gasteiger partial charge on any atom is -0.493 e. The first-order valence-electron chi connectivity index (χ1n) is 29.6. The van der Waals surface area contributed by atoms with Crippen LogP contribution in [0.15, 0.2) is 164 Å². The number of amides is 4. The summed E-state index contributed by atoms with van der Waals surface area (Å²) in [7, 11) is 8.04. The van der Waals surface area contributed by atoms with Gasteiger partial charge >= 0.3 is 5.97 Å². The smallest absolute Gasteiger partial charge is 0.337 e. The summed E-state index contributed by atoms with van der Waals surface area (Å²) in [6.45, 7) is 2.40. The number of carbonyl (C=O) groups excluding carboxylic acids is 5. The third-order valence-corrected chi connectivity index (χ3v) is 17.0. The quantitative estimate of drug-likeness (QED) is 0.0496. The number of carboxylic acid groups (broad SMARTS) is 1. The van der Waals surface area contributed by atoms with Crippen molar-refractivity contribution in [1.82, 2.24) is 35.2 Å². The predicted molar refractivity (Wildman–Crippen MR) is 345 cm³/mol. The van der Waals surface area contributed by atoms with Crippen molar-refractivity contribution in [3.63, 3.8) is 0 Å². The summed E-state index contributed by atoms with van der Waals surface area (Å²) in [6.07, 6.45) is 9.55. The molecule has 462 valence electrons. The first kappa shape index (κ1) is 62.3. The van der Waals surface area contributed by atoms with Gasteiger partial charge in [0.15, 0.2) is 34.4 Å². The molecule has 3 aromatic heterocycles. The second kappa shape index (κ2) is 27.5. The molecule has 20 heteroatoms. The number of benzene rings is 7. The standard InChI is InChI=1S/C30H32N4O4.C29H30N4O4.C11H9NO3/c1-34-24-12-5-4-11-23(24)27(33-34)29(36)31-19-30(15-6-7-16-30)21-9-8-10-22(18-21)32-28(35)20-13-14-25(37-2)26(17-20)38-3;1-36-24-13-12-19(16-25(24)37-2)27(34)31-21-9-7-8-20(17-21)29(14-5-6-15-29)18-30-28(35)26-22-10-3-4-11-23(22)32-33-26;1-7(13)12-6-9(11(14)15)8-4-2-3-5-10(8)12/h4-5,8-14,17-18H,6-7,15-16,19H2,1-3H3,(H,31,36)(H,32,35);3-4,7-13,16-17H,5-6,14-15,18H2,1-2H3,(H,30,35)(H,31,34)(H,32,33);2-6H,1H3,(H,14,15). The highest BCUT2D eigenvalue weighted by molar-refractivity contribution is 6.08. The highest BCUT2D eigenvalue weighted by Crippen LogP contribution is 2.43. The van der Waals surface area contributed by atoms with Gasteiger partial charge in [-0.1, -0.05) is 105 Å². The topological polar surface area (TPSA) is 259 Å². The van der Waals surface area contributed by atoms with Gasteiger partial charge in [0.2, 0.25) is 5.91 Å². The van der Waals surface area contributed by atoms with Crippen LogP contribution < -0.4 is 40.2 Å². The molecule has 4 amide bonds. The lowest BCUT2D eigenvalue weighted by Gasteiger charge is -2.30. The van der Waals surface area contributed by atoms with Crippen molar-refractivity contribution in [3.05, 3.63) is 203 Å². The lowest BCUT2D eigenvalue weighted by molar-refractivity contribution is 0.0697. The third-order valence-electron chi connectivity index (χ3n) is 17.0. The first-order chi connectivity index (χ1) is 43.6. The number of hydrogen-bond acceptors (Lipinski definition) is 12. The van der Waals surface area contributed by atoms with E-state index in [4.69, 9.17) is 24.1 Å². The van der Waals surface area contributed by atoms with E-state index in [9.17, 15) is 28.8 Å². The number of methoxy groups -OCH3 is 4. The van der Waals surface area contributed by atoms with Crippen molar-refractivity contribution in [2.24, 2.45) is 7.05 Å². The lowest BCUT2D eigenvalue weighted by atomic mass is 9.78. The number of aromatic amines is 1. The van der Waals surface area contributed by atoms with E-state index in [1.54, 1.807) is 86.7 Å². The fourth-order valence-corrected chi connectivity index (χ4v) is 12.2. The number of aromatic nitrogens is 5. The Bertz CT molecular complexity index is 4260. The zero-order valence-electron chi connectivity index (χ0n) is 51.0. The van der Waals surface area contributed by atoms with Gasteiger partial charge in [0.25, 0.3) is 23.6 Å². The summed E-state index contributed by atoms with van der Waals surface area (Å²) in [5, 5.41) is 35.1. The Balaban J connectivity index is 0.000000162. The first-order valence-corrected chi connectivity index (χ1v) is 29.6. The van der Waals surface area contributed by atoms with Crippen molar-refractivity contribution >= 4 is 79.6 Å². The number of anilines is 2. The van der Waals surface area contributed by atoms with Crippen LogP contribution in [0.4, 0.5) is 11.4 Å². The Labute approximate surface area is 519 Å². The molecule has 0 unspecified atom stereocenters. The molecular formula is C70H71N9O11. The number of nitrogens with zero attached hydrogens (tertiary/aromatic N) is 4. The van der Waals surface area contributed by atoms with E-state index in [0.29, 0.717) is 80.9 Å².